The number of carbonyl (C=O) groups is 1. The number of aryl methyl sites for hydroxylation is 1. The predicted molar refractivity (Wildman–Crippen MR) is 134 cm³/mol. The Balaban J connectivity index is 1.38. The highest BCUT2D eigenvalue weighted by molar-refractivity contribution is 6.31. The summed E-state index contributed by atoms with van der Waals surface area (Å²) in [5, 5.41) is 11.5. The minimum absolute atomic E-state index is 0.0813. The van der Waals surface area contributed by atoms with Gasteiger partial charge in [0.05, 0.1) is 23.3 Å². The van der Waals surface area contributed by atoms with Crippen LogP contribution in [0.5, 0.6) is 5.75 Å². The number of carbonyl (C=O) groups excluding carboxylic acids is 1. The van der Waals surface area contributed by atoms with Crippen LogP contribution < -0.4 is 9.64 Å². The maximum atomic E-state index is 14.4. The molecule has 1 aromatic heterocycles. The maximum Gasteiger partial charge on any atom is 0.227 e. The van der Waals surface area contributed by atoms with Gasteiger partial charge in [-0.3, -0.25) is 4.79 Å². The highest BCUT2D eigenvalue weighted by Crippen LogP contribution is 2.34. The molecule has 5 rings (SSSR count). The van der Waals surface area contributed by atoms with Crippen molar-refractivity contribution in [2.75, 3.05) is 18.1 Å². The van der Waals surface area contributed by atoms with Gasteiger partial charge in [0.1, 0.15) is 30.1 Å². The summed E-state index contributed by atoms with van der Waals surface area (Å²) in [5.41, 5.74) is 2.81. The number of fused-ring (bicyclic) bond motifs is 1. The molecule has 2 heterocycles. The fraction of sp³-hybridized carbons (Fsp3) is 0.259. The average Bonchev–Trinajstić information content (AvgIpc) is 3.41. The van der Waals surface area contributed by atoms with Crippen LogP contribution in [0.15, 0.2) is 66.7 Å². The van der Waals surface area contributed by atoms with Crippen LogP contribution in [0.25, 0.3) is 11.0 Å². The zero-order valence-electron chi connectivity index (χ0n) is 19.2. The van der Waals surface area contributed by atoms with E-state index in [-0.39, 0.29) is 37.1 Å². The molecule has 4 aromatic rings. The molecule has 1 aliphatic rings. The number of aliphatic hydroxyl groups is 1. The molecular formula is C27H25ClFN3O3. The van der Waals surface area contributed by atoms with Crippen molar-refractivity contribution in [2.45, 2.75) is 31.9 Å². The number of imidazole rings is 1. The average molecular weight is 494 g/mol. The van der Waals surface area contributed by atoms with E-state index in [2.05, 4.69) is 0 Å². The lowest BCUT2D eigenvalue weighted by atomic mass is 10.1. The number of rotatable bonds is 7. The van der Waals surface area contributed by atoms with Crippen molar-refractivity contribution < 1.29 is 19.0 Å². The molecule has 3 aromatic carbocycles. The molecule has 1 saturated heterocycles. The van der Waals surface area contributed by atoms with Crippen LogP contribution in [0.1, 0.15) is 23.7 Å². The van der Waals surface area contributed by atoms with Crippen molar-refractivity contribution >= 4 is 34.2 Å². The summed E-state index contributed by atoms with van der Waals surface area (Å²) in [6.45, 7) is 2.54. The molecule has 1 aliphatic heterocycles. The third-order valence-electron chi connectivity index (χ3n) is 6.28. The third-order valence-corrected chi connectivity index (χ3v) is 6.71. The lowest BCUT2D eigenvalue weighted by Crippen LogP contribution is -2.27. The molecule has 0 unspecified atom stereocenters. The highest BCUT2D eigenvalue weighted by Gasteiger charge is 2.36. The van der Waals surface area contributed by atoms with Gasteiger partial charge in [-0.15, -0.1) is 0 Å². The first-order valence-electron chi connectivity index (χ1n) is 11.5. The Morgan fingerprint density at radius 1 is 1.17 bits per heavy atom. The van der Waals surface area contributed by atoms with Crippen molar-refractivity contribution in [1.29, 1.82) is 0 Å². The topological polar surface area (TPSA) is 67.6 Å². The van der Waals surface area contributed by atoms with Crippen LogP contribution in [0.3, 0.4) is 0 Å². The predicted octanol–water partition coefficient (Wildman–Crippen LogP) is 5.10. The maximum absolute atomic E-state index is 14.4. The Hall–Kier alpha value is -3.42. The third kappa shape index (κ3) is 4.74. The molecule has 8 heteroatoms. The molecule has 0 aliphatic carbocycles. The zero-order chi connectivity index (χ0) is 24.5. The Kier molecular flexibility index (Phi) is 6.45. The Bertz CT molecular complexity index is 1390. The first kappa shape index (κ1) is 23.3. The van der Waals surface area contributed by atoms with E-state index in [0.29, 0.717) is 23.1 Å². The molecule has 0 bridgehead atoms. The Labute approximate surface area is 207 Å². The van der Waals surface area contributed by atoms with E-state index >= 15 is 0 Å². The summed E-state index contributed by atoms with van der Waals surface area (Å²) >= 11 is 6.08. The second-order valence-electron chi connectivity index (χ2n) is 8.80. The SMILES string of the molecule is Cc1cc(OC[C@@H](O)Cn2c([C@H]3CC(=O)N(c4ccccc4F)C3)nc3ccccc32)ccc1Cl. The number of amides is 1. The van der Waals surface area contributed by atoms with E-state index in [9.17, 15) is 14.3 Å². The Morgan fingerprint density at radius 3 is 2.74 bits per heavy atom. The van der Waals surface area contributed by atoms with Crippen LogP contribution in [0.4, 0.5) is 10.1 Å². The first-order valence-corrected chi connectivity index (χ1v) is 11.9. The number of ether oxygens (including phenoxy) is 1. The van der Waals surface area contributed by atoms with Gasteiger partial charge in [-0.1, -0.05) is 35.9 Å². The van der Waals surface area contributed by atoms with Gasteiger partial charge in [0.15, 0.2) is 0 Å². The minimum Gasteiger partial charge on any atom is -0.491 e. The van der Waals surface area contributed by atoms with E-state index in [4.69, 9.17) is 21.3 Å². The van der Waals surface area contributed by atoms with E-state index < -0.39 is 11.9 Å². The summed E-state index contributed by atoms with van der Waals surface area (Å²) in [4.78, 5) is 19.1. The second-order valence-corrected chi connectivity index (χ2v) is 9.21. The fourth-order valence-electron chi connectivity index (χ4n) is 4.54. The molecule has 35 heavy (non-hydrogen) atoms. The van der Waals surface area contributed by atoms with Crippen LogP contribution in [-0.4, -0.2) is 39.8 Å². The Morgan fingerprint density at radius 2 is 1.94 bits per heavy atom. The molecule has 2 atom stereocenters. The van der Waals surface area contributed by atoms with E-state index in [1.165, 1.54) is 11.0 Å². The zero-order valence-corrected chi connectivity index (χ0v) is 20.0. The van der Waals surface area contributed by atoms with Crippen molar-refractivity contribution in [1.82, 2.24) is 9.55 Å². The van der Waals surface area contributed by atoms with Crippen molar-refractivity contribution in [3.8, 4) is 5.75 Å². The lowest BCUT2D eigenvalue weighted by molar-refractivity contribution is -0.117. The quantitative estimate of drug-likeness (QED) is 0.389. The monoisotopic (exact) mass is 493 g/mol. The van der Waals surface area contributed by atoms with Gasteiger partial charge in [0.25, 0.3) is 0 Å². The number of anilines is 1. The molecule has 0 spiro atoms. The number of para-hydroxylation sites is 3. The number of hydrogen-bond acceptors (Lipinski definition) is 4. The standard InChI is InChI=1S/C27H25ClFN3O3/c1-17-12-20(10-11-21(17)28)35-16-19(33)15-32-25-9-5-3-7-23(25)30-27(32)18-13-26(34)31(14-18)24-8-4-2-6-22(24)29/h2-12,18-19,33H,13-16H2,1H3/t18-,19-/m0/s1. The van der Waals surface area contributed by atoms with Crippen LogP contribution in [-0.2, 0) is 11.3 Å². The fourth-order valence-corrected chi connectivity index (χ4v) is 4.66. The van der Waals surface area contributed by atoms with Gasteiger partial charge in [0.2, 0.25) is 5.91 Å². The normalized spacial score (nSPS) is 16.7. The van der Waals surface area contributed by atoms with Crippen molar-refractivity contribution in [3.63, 3.8) is 0 Å². The smallest absolute Gasteiger partial charge is 0.227 e. The highest BCUT2D eigenvalue weighted by atomic mass is 35.5. The summed E-state index contributed by atoms with van der Waals surface area (Å²) < 4.78 is 22.1. The largest absolute Gasteiger partial charge is 0.491 e. The summed E-state index contributed by atoms with van der Waals surface area (Å²) in [5.74, 6) is 0.505. The number of nitrogens with zero attached hydrogens (tertiary/aromatic N) is 3. The van der Waals surface area contributed by atoms with Crippen molar-refractivity contribution in [2.24, 2.45) is 0 Å². The molecule has 1 N–H and O–H groups in total. The first-order chi connectivity index (χ1) is 16.9. The number of aromatic nitrogens is 2. The van der Waals surface area contributed by atoms with Gasteiger partial charge < -0.3 is 19.3 Å². The van der Waals surface area contributed by atoms with Crippen LogP contribution in [0.2, 0.25) is 5.02 Å². The van der Waals surface area contributed by atoms with Gasteiger partial charge >= 0.3 is 0 Å². The molecule has 180 valence electrons. The van der Waals surface area contributed by atoms with Crippen molar-refractivity contribution in [3.05, 3.63) is 89.0 Å². The molecule has 1 amide bonds. The molecule has 0 radical (unpaired) electrons. The van der Waals surface area contributed by atoms with E-state index in [0.717, 1.165) is 16.6 Å². The van der Waals surface area contributed by atoms with Gasteiger partial charge in [-0.2, -0.15) is 0 Å². The minimum atomic E-state index is -0.817. The number of hydrogen-bond donors (Lipinski definition) is 1. The molecule has 1 fully saturated rings. The van der Waals surface area contributed by atoms with E-state index in [1.54, 1.807) is 30.3 Å². The van der Waals surface area contributed by atoms with Gasteiger partial charge in [0, 0.05) is 23.9 Å². The van der Waals surface area contributed by atoms with Crippen LogP contribution in [0, 0.1) is 12.7 Å². The van der Waals surface area contributed by atoms with E-state index in [1.807, 2.05) is 41.8 Å². The summed E-state index contributed by atoms with van der Waals surface area (Å²) in [6, 6.07) is 19.3. The van der Waals surface area contributed by atoms with Gasteiger partial charge in [-0.05, 0) is 55.0 Å². The lowest BCUT2D eigenvalue weighted by Gasteiger charge is -2.19. The molecule has 6 nitrogen and oxygen atoms in total. The number of aliphatic hydroxyl groups excluding tert-OH is 1. The number of benzene rings is 3. The van der Waals surface area contributed by atoms with Crippen LogP contribution >= 0.6 is 11.6 Å². The molecule has 0 saturated carbocycles. The summed E-state index contributed by atoms with van der Waals surface area (Å²) in [6.07, 6.45) is -0.601. The van der Waals surface area contributed by atoms with Gasteiger partial charge in [-0.25, -0.2) is 9.37 Å². The second kappa shape index (κ2) is 9.68. The molecular weight excluding hydrogens is 469 g/mol. The number of halogens is 2. The summed E-state index contributed by atoms with van der Waals surface area (Å²) in [7, 11) is 0.